The van der Waals surface area contributed by atoms with Crippen LogP contribution in [-0.4, -0.2) is 20.9 Å². The average Bonchev–Trinajstić information content (AvgIpc) is 3.60. The topological polar surface area (TPSA) is 68.6 Å². The van der Waals surface area contributed by atoms with Crippen LogP contribution < -0.4 is 0 Å². The minimum absolute atomic E-state index is 0.313. The molecule has 0 fully saturated rings. The smallest absolute Gasteiger partial charge is 0.128 e. The summed E-state index contributed by atoms with van der Waals surface area (Å²) in [5, 5.41) is 22.1. The molecule has 5 rings (SSSR count). The van der Waals surface area contributed by atoms with E-state index in [9.17, 15) is 10.2 Å². The minimum Gasteiger partial charge on any atom is -0.507 e. The van der Waals surface area contributed by atoms with Gasteiger partial charge in [-0.25, -0.2) is 4.99 Å². The number of nitrogens with zero attached hydrogens (tertiary/aromatic N) is 1. The minimum atomic E-state index is 0.313. The molecule has 0 amide bonds. The number of aliphatic imine (C=N–C) groups is 1. The van der Waals surface area contributed by atoms with E-state index in [4.69, 9.17) is 4.99 Å². The molecule has 198 valence electrons. The van der Waals surface area contributed by atoms with Gasteiger partial charge in [-0.15, -0.1) is 0 Å². The van der Waals surface area contributed by atoms with Gasteiger partial charge in [0, 0.05) is 28.1 Å². The molecule has 0 bridgehead atoms. The van der Waals surface area contributed by atoms with Gasteiger partial charge in [-0.3, -0.25) is 0 Å². The second-order valence-electron chi connectivity index (χ2n) is 10.4. The summed E-state index contributed by atoms with van der Waals surface area (Å²) < 4.78 is 0. The Bertz CT molecular complexity index is 1600. The van der Waals surface area contributed by atoms with E-state index < -0.39 is 0 Å². The van der Waals surface area contributed by atoms with Crippen LogP contribution in [0.5, 0.6) is 11.5 Å². The Hall–Kier alpha value is -4.31. The van der Waals surface area contributed by atoms with Crippen LogP contribution in [-0.2, 0) is 12.8 Å². The van der Waals surface area contributed by atoms with Crippen molar-refractivity contribution in [2.75, 3.05) is 0 Å². The number of aryl methyl sites for hydroxylation is 4. The molecule has 1 aliphatic heterocycles. The van der Waals surface area contributed by atoms with Gasteiger partial charge in [0.2, 0.25) is 0 Å². The first-order valence-electron chi connectivity index (χ1n) is 13.8. The van der Waals surface area contributed by atoms with Crippen LogP contribution in [0.25, 0.3) is 16.8 Å². The number of H-pyrrole nitrogens is 1. The first kappa shape index (κ1) is 26.3. The molecule has 4 heteroatoms. The van der Waals surface area contributed by atoms with Crippen molar-refractivity contribution in [3.8, 4) is 22.8 Å². The Morgan fingerprint density at radius 1 is 0.744 bits per heavy atom. The Balaban J connectivity index is 1.63. The molecule has 0 unspecified atom stereocenters. The number of rotatable bonds is 8. The van der Waals surface area contributed by atoms with Crippen LogP contribution in [0, 0.1) is 13.8 Å². The quantitative estimate of drug-likeness (QED) is 0.220. The molecule has 1 aliphatic rings. The van der Waals surface area contributed by atoms with Crippen molar-refractivity contribution < 1.29 is 10.2 Å². The van der Waals surface area contributed by atoms with E-state index in [1.165, 1.54) is 0 Å². The lowest BCUT2D eigenvalue weighted by atomic mass is 9.98. The predicted octanol–water partition coefficient (Wildman–Crippen LogP) is 8.43. The largest absolute Gasteiger partial charge is 0.507 e. The lowest BCUT2D eigenvalue weighted by Gasteiger charge is -2.12. The summed E-state index contributed by atoms with van der Waals surface area (Å²) in [6, 6.07) is 22.4. The maximum absolute atomic E-state index is 11.1. The highest BCUT2D eigenvalue weighted by Crippen LogP contribution is 2.37. The van der Waals surface area contributed by atoms with Gasteiger partial charge in [0.25, 0.3) is 0 Å². The third-order valence-electron chi connectivity index (χ3n) is 7.19. The summed E-state index contributed by atoms with van der Waals surface area (Å²) in [7, 11) is 0. The number of hydrogen-bond acceptors (Lipinski definition) is 3. The van der Waals surface area contributed by atoms with Crippen LogP contribution in [0.2, 0.25) is 0 Å². The zero-order chi connectivity index (χ0) is 27.5. The number of aromatic nitrogens is 1. The van der Waals surface area contributed by atoms with Gasteiger partial charge < -0.3 is 15.2 Å². The predicted molar refractivity (Wildman–Crippen MR) is 162 cm³/mol. The summed E-state index contributed by atoms with van der Waals surface area (Å²) >= 11 is 0. The van der Waals surface area contributed by atoms with Crippen LogP contribution in [0.3, 0.4) is 0 Å². The first-order chi connectivity index (χ1) is 18.9. The Kier molecular flexibility index (Phi) is 7.56. The van der Waals surface area contributed by atoms with E-state index in [0.29, 0.717) is 11.5 Å². The van der Waals surface area contributed by atoms with Crippen LogP contribution in [0.4, 0.5) is 0 Å². The number of nitrogens with one attached hydrogen (secondary N) is 1. The summed E-state index contributed by atoms with van der Waals surface area (Å²) in [6.07, 6.45) is 7.60. The summed E-state index contributed by atoms with van der Waals surface area (Å²) in [5.74, 6) is 0.650. The van der Waals surface area contributed by atoms with Crippen LogP contribution >= 0.6 is 0 Å². The van der Waals surface area contributed by atoms with E-state index in [2.05, 4.69) is 63.0 Å². The van der Waals surface area contributed by atoms with E-state index >= 15 is 0 Å². The Morgan fingerprint density at radius 2 is 1.36 bits per heavy atom. The fourth-order valence-electron chi connectivity index (χ4n) is 5.42. The lowest BCUT2D eigenvalue weighted by molar-refractivity contribution is 0.466. The molecule has 0 atom stereocenters. The van der Waals surface area contributed by atoms with Crippen molar-refractivity contribution >= 4 is 11.3 Å². The van der Waals surface area contributed by atoms with Gasteiger partial charge >= 0.3 is 0 Å². The van der Waals surface area contributed by atoms with Crippen molar-refractivity contribution in [1.29, 1.82) is 0 Å². The summed E-state index contributed by atoms with van der Waals surface area (Å²) in [4.78, 5) is 8.60. The molecule has 0 radical (unpaired) electrons. The SMILES string of the molecule is CCCc1cc(C)cc(C2=N/C(=C(/c3ccccc3)c3ccc(-c4cc(C)cc(CCC)c4O)[nH]3)C=C2)c1O. The molecular formula is C35H36N2O2. The maximum Gasteiger partial charge on any atom is 0.128 e. The number of phenols is 2. The Labute approximate surface area is 231 Å². The number of phenolic OH excluding ortho intramolecular Hbond substituents is 2. The van der Waals surface area contributed by atoms with Crippen molar-refractivity contribution in [1.82, 2.24) is 4.98 Å². The van der Waals surface area contributed by atoms with Crippen molar-refractivity contribution in [2.45, 2.75) is 53.4 Å². The van der Waals surface area contributed by atoms with Crippen LogP contribution in [0.1, 0.15) is 65.8 Å². The summed E-state index contributed by atoms with van der Waals surface area (Å²) in [5.41, 5.74) is 11.1. The van der Waals surface area contributed by atoms with E-state index in [1.807, 2.05) is 48.6 Å². The van der Waals surface area contributed by atoms with Gasteiger partial charge in [-0.05, 0) is 90.9 Å². The number of allylic oxidation sites excluding steroid dienone is 2. The Morgan fingerprint density at radius 3 is 2.00 bits per heavy atom. The van der Waals surface area contributed by atoms with Gasteiger partial charge in [0.05, 0.1) is 11.4 Å². The lowest BCUT2D eigenvalue weighted by Crippen LogP contribution is -1.99. The van der Waals surface area contributed by atoms with E-state index in [1.54, 1.807) is 0 Å². The second-order valence-corrected chi connectivity index (χ2v) is 10.4. The standard InChI is InChI=1S/C35H36N2O2/c1-5-10-25-18-22(3)20-27(34(25)38)29-14-16-31(36-29)33(24-12-8-7-9-13-24)32-17-15-30(37-32)28-21-23(4)19-26(11-6-2)35(28)39/h7-9,12-21,36,38-39H,5-6,10-11H2,1-4H3/b33-32-. The molecule has 39 heavy (non-hydrogen) atoms. The molecule has 0 spiro atoms. The molecule has 4 aromatic rings. The molecule has 1 aromatic heterocycles. The number of hydrogen-bond donors (Lipinski definition) is 3. The molecule has 0 saturated carbocycles. The van der Waals surface area contributed by atoms with Crippen LogP contribution in [0.15, 0.2) is 89.6 Å². The molecule has 4 nitrogen and oxygen atoms in total. The average molecular weight is 517 g/mol. The van der Waals surface area contributed by atoms with Crippen molar-refractivity contribution in [2.24, 2.45) is 4.99 Å². The third kappa shape index (κ3) is 5.33. The zero-order valence-corrected chi connectivity index (χ0v) is 23.2. The van der Waals surface area contributed by atoms with Gasteiger partial charge in [0.15, 0.2) is 0 Å². The van der Waals surface area contributed by atoms with Crippen molar-refractivity contribution in [3.63, 3.8) is 0 Å². The molecule has 2 heterocycles. The third-order valence-corrected chi connectivity index (χ3v) is 7.19. The fourth-order valence-corrected chi connectivity index (χ4v) is 5.42. The van der Waals surface area contributed by atoms with Gasteiger partial charge in [0.1, 0.15) is 11.5 Å². The number of aromatic amines is 1. The molecular weight excluding hydrogens is 480 g/mol. The second kappa shape index (κ2) is 11.2. The molecule has 3 N–H and O–H groups in total. The van der Waals surface area contributed by atoms with Gasteiger partial charge in [-0.1, -0.05) is 69.2 Å². The molecule has 3 aromatic carbocycles. The highest BCUT2D eigenvalue weighted by atomic mass is 16.3. The molecule has 0 saturated heterocycles. The highest BCUT2D eigenvalue weighted by Gasteiger charge is 2.20. The highest BCUT2D eigenvalue weighted by molar-refractivity contribution is 6.14. The fraction of sp³-hybridized carbons (Fsp3) is 0.229. The van der Waals surface area contributed by atoms with Crippen molar-refractivity contribution in [3.05, 3.63) is 124 Å². The van der Waals surface area contributed by atoms with Gasteiger partial charge in [-0.2, -0.15) is 0 Å². The zero-order valence-electron chi connectivity index (χ0n) is 23.2. The first-order valence-corrected chi connectivity index (χ1v) is 13.8. The van der Waals surface area contributed by atoms with E-state index in [-0.39, 0.29) is 0 Å². The van der Waals surface area contributed by atoms with E-state index in [0.717, 1.165) is 93.0 Å². The molecule has 0 aliphatic carbocycles. The number of aromatic hydroxyl groups is 2. The monoisotopic (exact) mass is 516 g/mol. The maximum atomic E-state index is 11.1. The number of benzene rings is 3. The normalized spacial score (nSPS) is 14.1. The summed E-state index contributed by atoms with van der Waals surface area (Å²) in [6.45, 7) is 8.36.